The fraction of sp³-hybridized carbons (Fsp3) is 0.333. The lowest BCUT2D eigenvalue weighted by atomic mass is 10.3. The first-order valence-corrected chi connectivity index (χ1v) is 6.64. The van der Waals surface area contributed by atoms with Crippen LogP contribution in [0, 0.1) is 0 Å². The van der Waals surface area contributed by atoms with Gasteiger partial charge in [-0.3, -0.25) is 9.59 Å². The van der Waals surface area contributed by atoms with Crippen LogP contribution >= 0.6 is 11.8 Å². The van der Waals surface area contributed by atoms with Crippen molar-refractivity contribution in [1.29, 1.82) is 0 Å². The van der Waals surface area contributed by atoms with Crippen molar-refractivity contribution in [3.8, 4) is 5.75 Å². The predicted octanol–water partition coefficient (Wildman–Crippen LogP) is 1.17. The average molecular weight is 266 g/mol. The Morgan fingerprint density at radius 2 is 2.39 bits per heavy atom. The molecule has 1 heterocycles. The number of amides is 2. The Balaban J connectivity index is 1.92. The van der Waals surface area contributed by atoms with Crippen LogP contribution in [0.2, 0.25) is 0 Å². The van der Waals surface area contributed by atoms with Crippen molar-refractivity contribution in [3.63, 3.8) is 0 Å². The molecule has 1 aliphatic heterocycles. The van der Waals surface area contributed by atoms with Crippen molar-refractivity contribution < 1.29 is 14.3 Å². The molecule has 2 amide bonds. The fourth-order valence-corrected chi connectivity index (χ4v) is 2.52. The second-order valence-corrected chi connectivity index (χ2v) is 4.80. The SMILES string of the molecule is COc1cccc(NC(=O)CN2CSCC2=O)c1. The Morgan fingerprint density at radius 3 is 3.06 bits per heavy atom. The van der Waals surface area contributed by atoms with E-state index in [4.69, 9.17) is 4.74 Å². The summed E-state index contributed by atoms with van der Waals surface area (Å²) in [6.45, 7) is 0.100. The van der Waals surface area contributed by atoms with Crippen LogP contribution in [0.15, 0.2) is 24.3 Å². The monoisotopic (exact) mass is 266 g/mol. The maximum absolute atomic E-state index is 11.8. The molecular formula is C12H14N2O3S. The van der Waals surface area contributed by atoms with Gasteiger partial charge in [0.1, 0.15) is 12.3 Å². The second-order valence-electron chi connectivity index (χ2n) is 3.85. The van der Waals surface area contributed by atoms with E-state index in [0.29, 0.717) is 23.1 Å². The smallest absolute Gasteiger partial charge is 0.244 e. The van der Waals surface area contributed by atoms with E-state index in [1.807, 2.05) is 0 Å². The lowest BCUT2D eigenvalue weighted by Gasteiger charge is -2.14. The number of methoxy groups -OCH3 is 1. The average Bonchev–Trinajstić information content (AvgIpc) is 2.75. The van der Waals surface area contributed by atoms with Crippen LogP contribution in [0.25, 0.3) is 0 Å². The van der Waals surface area contributed by atoms with E-state index in [-0.39, 0.29) is 18.4 Å². The van der Waals surface area contributed by atoms with Gasteiger partial charge >= 0.3 is 0 Å². The van der Waals surface area contributed by atoms with E-state index < -0.39 is 0 Å². The molecule has 0 bridgehead atoms. The molecule has 5 nitrogen and oxygen atoms in total. The van der Waals surface area contributed by atoms with Crippen molar-refractivity contribution >= 4 is 29.3 Å². The van der Waals surface area contributed by atoms with E-state index in [9.17, 15) is 9.59 Å². The highest BCUT2D eigenvalue weighted by molar-refractivity contribution is 8.00. The molecular weight excluding hydrogens is 252 g/mol. The van der Waals surface area contributed by atoms with Gasteiger partial charge in [0.25, 0.3) is 0 Å². The van der Waals surface area contributed by atoms with Crippen LogP contribution in [0.4, 0.5) is 5.69 Å². The summed E-state index contributed by atoms with van der Waals surface area (Å²) in [6.07, 6.45) is 0. The molecule has 0 aromatic heterocycles. The Bertz CT molecular complexity index is 464. The molecule has 0 unspecified atom stereocenters. The number of carbonyl (C=O) groups excluding carboxylic acids is 2. The highest BCUT2D eigenvalue weighted by Gasteiger charge is 2.22. The highest BCUT2D eigenvalue weighted by atomic mass is 32.2. The minimum atomic E-state index is -0.195. The van der Waals surface area contributed by atoms with Gasteiger partial charge in [0.2, 0.25) is 11.8 Å². The van der Waals surface area contributed by atoms with Crippen LogP contribution in [0.1, 0.15) is 0 Å². The summed E-state index contributed by atoms with van der Waals surface area (Å²) in [5, 5.41) is 2.74. The van der Waals surface area contributed by atoms with E-state index in [0.717, 1.165) is 0 Å². The summed E-state index contributed by atoms with van der Waals surface area (Å²) in [7, 11) is 1.57. The van der Waals surface area contributed by atoms with Crippen molar-refractivity contribution in [1.82, 2.24) is 4.90 Å². The van der Waals surface area contributed by atoms with Crippen LogP contribution in [0.5, 0.6) is 5.75 Å². The van der Waals surface area contributed by atoms with Gasteiger partial charge in [0.15, 0.2) is 0 Å². The number of ether oxygens (including phenoxy) is 1. The fourth-order valence-electron chi connectivity index (χ4n) is 1.61. The van der Waals surface area contributed by atoms with Gasteiger partial charge in [-0.15, -0.1) is 11.8 Å². The Morgan fingerprint density at radius 1 is 1.56 bits per heavy atom. The molecule has 1 saturated heterocycles. The third-order valence-corrected chi connectivity index (χ3v) is 3.46. The summed E-state index contributed by atoms with van der Waals surface area (Å²) >= 11 is 1.52. The standard InChI is InChI=1S/C12H14N2O3S/c1-17-10-4-2-3-9(5-10)13-11(15)6-14-8-18-7-12(14)16/h2-5H,6-8H2,1H3,(H,13,15). The zero-order chi connectivity index (χ0) is 13.0. The number of anilines is 1. The molecule has 2 rings (SSSR count). The Kier molecular flexibility index (Phi) is 4.09. The summed E-state index contributed by atoms with van der Waals surface area (Å²) < 4.78 is 5.07. The van der Waals surface area contributed by atoms with Crippen molar-refractivity contribution in [2.24, 2.45) is 0 Å². The molecule has 0 atom stereocenters. The number of rotatable bonds is 4. The van der Waals surface area contributed by atoms with Gasteiger partial charge in [-0.25, -0.2) is 0 Å². The summed E-state index contributed by atoms with van der Waals surface area (Å²) in [4.78, 5) is 24.7. The maximum atomic E-state index is 11.8. The highest BCUT2D eigenvalue weighted by Crippen LogP contribution is 2.17. The minimum absolute atomic E-state index is 0.0146. The topological polar surface area (TPSA) is 58.6 Å². The summed E-state index contributed by atoms with van der Waals surface area (Å²) in [5.74, 6) is 1.55. The number of hydrogen-bond donors (Lipinski definition) is 1. The number of benzene rings is 1. The van der Waals surface area contributed by atoms with Gasteiger partial charge < -0.3 is 15.0 Å². The van der Waals surface area contributed by atoms with E-state index in [1.165, 1.54) is 11.8 Å². The largest absolute Gasteiger partial charge is 0.497 e. The molecule has 1 aromatic rings. The summed E-state index contributed by atoms with van der Waals surface area (Å²) in [5.41, 5.74) is 0.665. The van der Waals surface area contributed by atoms with Crippen molar-refractivity contribution in [2.45, 2.75) is 0 Å². The first kappa shape index (κ1) is 12.8. The minimum Gasteiger partial charge on any atom is -0.497 e. The number of carbonyl (C=O) groups is 2. The van der Waals surface area contributed by atoms with Crippen molar-refractivity contribution in [3.05, 3.63) is 24.3 Å². The molecule has 1 N–H and O–H groups in total. The molecule has 1 aliphatic rings. The molecule has 18 heavy (non-hydrogen) atoms. The number of nitrogens with zero attached hydrogens (tertiary/aromatic N) is 1. The first-order chi connectivity index (χ1) is 8.69. The van der Waals surface area contributed by atoms with Gasteiger partial charge in [0.05, 0.1) is 18.7 Å². The number of hydrogen-bond acceptors (Lipinski definition) is 4. The lowest BCUT2D eigenvalue weighted by molar-refractivity contribution is -0.130. The van der Waals surface area contributed by atoms with Crippen molar-refractivity contribution in [2.75, 3.05) is 30.6 Å². The maximum Gasteiger partial charge on any atom is 0.244 e. The molecule has 0 saturated carbocycles. The molecule has 6 heteroatoms. The van der Waals surface area contributed by atoms with Crippen LogP contribution in [-0.4, -0.2) is 42.0 Å². The predicted molar refractivity (Wildman–Crippen MR) is 70.7 cm³/mol. The van der Waals surface area contributed by atoms with Crippen LogP contribution < -0.4 is 10.1 Å². The normalized spacial score (nSPS) is 14.7. The van der Waals surface area contributed by atoms with Gasteiger partial charge in [-0.2, -0.15) is 0 Å². The molecule has 1 aromatic carbocycles. The van der Waals surface area contributed by atoms with Gasteiger partial charge in [0, 0.05) is 11.8 Å². The molecule has 0 spiro atoms. The summed E-state index contributed by atoms with van der Waals surface area (Å²) in [6, 6.07) is 7.11. The number of nitrogens with one attached hydrogen (secondary N) is 1. The molecule has 1 fully saturated rings. The Labute approximate surface area is 109 Å². The number of thioether (sulfide) groups is 1. The first-order valence-electron chi connectivity index (χ1n) is 5.48. The third kappa shape index (κ3) is 3.16. The van der Waals surface area contributed by atoms with E-state index >= 15 is 0 Å². The second kappa shape index (κ2) is 5.77. The van der Waals surface area contributed by atoms with E-state index in [2.05, 4.69) is 5.32 Å². The van der Waals surface area contributed by atoms with Gasteiger partial charge in [-0.05, 0) is 12.1 Å². The zero-order valence-electron chi connectivity index (χ0n) is 10.0. The van der Waals surface area contributed by atoms with Gasteiger partial charge in [-0.1, -0.05) is 6.07 Å². The molecule has 0 radical (unpaired) electrons. The lowest BCUT2D eigenvalue weighted by Crippen LogP contribution is -2.34. The molecule has 0 aliphatic carbocycles. The zero-order valence-corrected chi connectivity index (χ0v) is 10.8. The quantitative estimate of drug-likeness (QED) is 0.888. The van der Waals surface area contributed by atoms with Crippen LogP contribution in [-0.2, 0) is 9.59 Å². The molecule has 96 valence electrons. The third-order valence-electron chi connectivity index (χ3n) is 2.51. The van der Waals surface area contributed by atoms with Crippen LogP contribution in [0.3, 0.4) is 0 Å². The van der Waals surface area contributed by atoms with E-state index in [1.54, 1.807) is 36.3 Å². The Hall–Kier alpha value is -1.69.